The van der Waals surface area contributed by atoms with Crippen molar-refractivity contribution in [3.63, 3.8) is 0 Å². The first-order valence-electron chi connectivity index (χ1n) is 6.06. The number of fused-ring (bicyclic) bond motifs is 1. The second-order valence-electron chi connectivity index (χ2n) is 4.29. The molecule has 0 aliphatic rings. The van der Waals surface area contributed by atoms with Crippen LogP contribution >= 0.6 is 0 Å². The number of benzene rings is 1. The molecular formula is C13H16N2O3S. The molecule has 0 aliphatic heterocycles. The summed E-state index contributed by atoms with van der Waals surface area (Å²) < 4.78 is 13.2. The Labute approximate surface area is 113 Å². The molecule has 6 heteroatoms. The third kappa shape index (κ3) is 2.68. The molecule has 1 N–H and O–H groups in total. The van der Waals surface area contributed by atoms with Crippen molar-refractivity contribution in [2.75, 3.05) is 12.0 Å². The summed E-state index contributed by atoms with van der Waals surface area (Å²) in [6.45, 7) is 2.56. The van der Waals surface area contributed by atoms with Gasteiger partial charge < -0.3 is 9.67 Å². The number of aryl methyl sites for hydroxylation is 2. The number of aromatic nitrogens is 2. The van der Waals surface area contributed by atoms with E-state index in [1.165, 1.54) is 0 Å². The van der Waals surface area contributed by atoms with Gasteiger partial charge in [0.1, 0.15) is 11.3 Å². The fraction of sp³-hybridized carbons (Fsp3) is 0.385. The predicted molar refractivity (Wildman–Crippen MR) is 75.0 cm³/mol. The first-order valence-corrected chi connectivity index (χ1v) is 7.78. The largest absolute Gasteiger partial charge is 0.478 e. The van der Waals surface area contributed by atoms with Gasteiger partial charge in [0.2, 0.25) is 0 Å². The van der Waals surface area contributed by atoms with Gasteiger partial charge in [0, 0.05) is 35.8 Å². The van der Waals surface area contributed by atoms with Gasteiger partial charge in [0.25, 0.3) is 0 Å². The number of hydrogen-bond donors (Lipinski definition) is 1. The van der Waals surface area contributed by atoms with Crippen LogP contribution in [0.25, 0.3) is 11.0 Å². The molecule has 0 aliphatic carbocycles. The highest BCUT2D eigenvalue weighted by Crippen LogP contribution is 2.20. The second-order valence-corrected chi connectivity index (χ2v) is 5.84. The minimum absolute atomic E-state index is 0.212. The van der Waals surface area contributed by atoms with Gasteiger partial charge in [-0.25, -0.2) is 9.78 Å². The third-order valence-corrected chi connectivity index (χ3v) is 3.76. The monoisotopic (exact) mass is 280 g/mol. The molecule has 1 atom stereocenters. The second kappa shape index (κ2) is 5.52. The fourth-order valence-electron chi connectivity index (χ4n) is 2.11. The van der Waals surface area contributed by atoms with Crippen LogP contribution in [0.2, 0.25) is 0 Å². The van der Waals surface area contributed by atoms with Gasteiger partial charge in [-0.15, -0.1) is 0 Å². The van der Waals surface area contributed by atoms with Crippen molar-refractivity contribution >= 4 is 27.8 Å². The number of carboxylic acid groups (broad SMARTS) is 1. The summed E-state index contributed by atoms with van der Waals surface area (Å²) in [6.07, 6.45) is 2.37. The number of carbonyl (C=O) groups is 1. The number of carboxylic acids is 1. The minimum atomic E-state index is -0.975. The van der Waals surface area contributed by atoms with E-state index in [-0.39, 0.29) is 5.56 Å². The molecule has 1 aromatic carbocycles. The van der Waals surface area contributed by atoms with Crippen molar-refractivity contribution in [2.45, 2.75) is 19.9 Å². The van der Waals surface area contributed by atoms with Gasteiger partial charge in [-0.05, 0) is 12.1 Å². The molecule has 0 spiro atoms. The van der Waals surface area contributed by atoms with E-state index < -0.39 is 16.8 Å². The van der Waals surface area contributed by atoms with Crippen LogP contribution in [0, 0.1) is 0 Å². The van der Waals surface area contributed by atoms with Crippen molar-refractivity contribution in [2.24, 2.45) is 0 Å². The number of hydrogen-bond acceptors (Lipinski definition) is 3. The molecular weight excluding hydrogens is 264 g/mol. The van der Waals surface area contributed by atoms with E-state index >= 15 is 0 Å². The Bertz CT molecular complexity index is 649. The number of imidazole rings is 1. The van der Waals surface area contributed by atoms with E-state index in [2.05, 4.69) is 4.98 Å². The van der Waals surface area contributed by atoms with Gasteiger partial charge in [-0.2, -0.15) is 0 Å². The average molecular weight is 280 g/mol. The zero-order chi connectivity index (χ0) is 14.0. The molecule has 0 fully saturated rings. The van der Waals surface area contributed by atoms with Crippen molar-refractivity contribution in [3.05, 3.63) is 29.6 Å². The van der Waals surface area contributed by atoms with Crippen LogP contribution in [0.3, 0.4) is 0 Å². The molecule has 0 saturated heterocycles. The van der Waals surface area contributed by atoms with E-state index in [9.17, 15) is 14.1 Å². The lowest BCUT2D eigenvalue weighted by molar-refractivity contribution is 0.0699. The maximum Gasteiger partial charge on any atom is 0.337 e. The molecule has 1 unspecified atom stereocenters. The first-order chi connectivity index (χ1) is 9.04. The summed E-state index contributed by atoms with van der Waals surface area (Å²) in [4.78, 5) is 15.6. The van der Waals surface area contributed by atoms with E-state index in [0.717, 1.165) is 11.3 Å². The highest BCUT2D eigenvalue weighted by Gasteiger charge is 2.15. The zero-order valence-corrected chi connectivity index (χ0v) is 11.7. The zero-order valence-electron chi connectivity index (χ0n) is 10.9. The van der Waals surface area contributed by atoms with Crippen LogP contribution in [0.4, 0.5) is 0 Å². The quantitative estimate of drug-likeness (QED) is 0.904. The Morgan fingerprint density at radius 2 is 2.21 bits per heavy atom. The molecule has 1 heterocycles. The molecule has 0 saturated carbocycles. The summed E-state index contributed by atoms with van der Waals surface area (Å²) in [5, 5.41) is 9.18. The van der Waals surface area contributed by atoms with E-state index in [4.69, 9.17) is 0 Å². The standard InChI is InChI=1S/C13H16N2O3S/c1-3-11-14-12-9(13(16)17)5-4-6-10(12)15(11)7-8-19(2)18/h4-6H,3,7-8H2,1-2H3,(H,16,17). The smallest absolute Gasteiger partial charge is 0.337 e. The minimum Gasteiger partial charge on any atom is -0.478 e. The van der Waals surface area contributed by atoms with Gasteiger partial charge in [-0.3, -0.25) is 4.21 Å². The van der Waals surface area contributed by atoms with Gasteiger partial charge in [0.15, 0.2) is 0 Å². The lowest BCUT2D eigenvalue weighted by Crippen LogP contribution is -2.09. The van der Waals surface area contributed by atoms with Crippen LogP contribution in [0.5, 0.6) is 0 Å². The van der Waals surface area contributed by atoms with Crippen LogP contribution in [-0.4, -0.2) is 36.8 Å². The Morgan fingerprint density at radius 1 is 1.47 bits per heavy atom. The highest BCUT2D eigenvalue weighted by atomic mass is 32.2. The van der Waals surface area contributed by atoms with Crippen LogP contribution < -0.4 is 0 Å². The van der Waals surface area contributed by atoms with Crippen molar-refractivity contribution in [1.29, 1.82) is 0 Å². The maximum absolute atomic E-state index is 11.2. The highest BCUT2D eigenvalue weighted by molar-refractivity contribution is 7.84. The summed E-state index contributed by atoms with van der Waals surface area (Å²) in [7, 11) is -0.882. The Morgan fingerprint density at radius 3 is 2.79 bits per heavy atom. The van der Waals surface area contributed by atoms with Crippen molar-refractivity contribution < 1.29 is 14.1 Å². The SMILES string of the molecule is CCc1nc2c(C(=O)O)cccc2n1CCS(C)=O. The van der Waals surface area contributed by atoms with Crippen molar-refractivity contribution in [1.82, 2.24) is 9.55 Å². The number of rotatable bonds is 5. The lowest BCUT2D eigenvalue weighted by Gasteiger charge is -2.06. The lowest BCUT2D eigenvalue weighted by atomic mass is 10.2. The molecule has 0 amide bonds. The molecule has 5 nitrogen and oxygen atoms in total. The van der Waals surface area contributed by atoms with Gasteiger partial charge in [0.05, 0.1) is 11.1 Å². The topological polar surface area (TPSA) is 72.2 Å². The summed E-state index contributed by atoms with van der Waals surface area (Å²) in [6, 6.07) is 5.12. The van der Waals surface area contributed by atoms with Gasteiger partial charge >= 0.3 is 5.97 Å². The average Bonchev–Trinajstić information content (AvgIpc) is 2.73. The predicted octanol–water partition coefficient (Wildman–Crippen LogP) is 1.68. The number of para-hydroxylation sites is 1. The number of nitrogens with zero attached hydrogens (tertiary/aromatic N) is 2. The summed E-state index contributed by atoms with van der Waals surface area (Å²) >= 11 is 0. The Kier molecular flexibility index (Phi) is 3.99. The van der Waals surface area contributed by atoms with E-state index in [1.807, 2.05) is 17.6 Å². The van der Waals surface area contributed by atoms with E-state index in [1.54, 1.807) is 18.4 Å². The van der Waals surface area contributed by atoms with Crippen molar-refractivity contribution in [3.8, 4) is 0 Å². The molecule has 19 heavy (non-hydrogen) atoms. The molecule has 102 valence electrons. The first kappa shape index (κ1) is 13.7. The van der Waals surface area contributed by atoms with Crippen LogP contribution in [0.1, 0.15) is 23.1 Å². The molecule has 0 radical (unpaired) electrons. The fourth-order valence-corrected chi connectivity index (χ4v) is 2.55. The normalized spacial score (nSPS) is 12.7. The van der Waals surface area contributed by atoms with Crippen LogP contribution in [-0.2, 0) is 23.8 Å². The summed E-state index contributed by atoms with van der Waals surface area (Å²) in [5.41, 5.74) is 1.51. The maximum atomic E-state index is 11.2. The van der Waals surface area contributed by atoms with Crippen LogP contribution in [0.15, 0.2) is 18.2 Å². The number of aromatic carboxylic acids is 1. The molecule has 2 rings (SSSR count). The molecule has 0 bridgehead atoms. The van der Waals surface area contributed by atoms with E-state index in [0.29, 0.717) is 24.2 Å². The molecule has 2 aromatic rings. The third-order valence-electron chi connectivity index (χ3n) is 3.01. The molecule has 1 aromatic heterocycles. The van der Waals surface area contributed by atoms with Gasteiger partial charge in [-0.1, -0.05) is 13.0 Å². The summed E-state index contributed by atoms with van der Waals surface area (Å²) in [5.74, 6) is 0.390. The Balaban J connectivity index is 2.58. The Hall–Kier alpha value is -1.69.